The maximum Gasteiger partial charge on any atom is 0.582 e. The summed E-state index contributed by atoms with van der Waals surface area (Å²) in [5.74, 6) is -0.296. The Morgan fingerprint density at radius 3 is 2.64 bits per heavy atom. The molecule has 10 atom stereocenters. The molecule has 0 saturated carbocycles. The Kier molecular flexibility index (Phi) is 8.37. The third kappa shape index (κ3) is 5.36. The fourth-order valence-corrected chi connectivity index (χ4v) is 8.28. The van der Waals surface area contributed by atoms with E-state index in [0.717, 1.165) is 21.9 Å². The number of alkyl halides is 2. The van der Waals surface area contributed by atoms with E-state index in [1.54, 1.807) is 0 Å². The molecule has 19 nitrogen and oxygen atoms in total. The van der Waals surface area contributed by atoms with Crippen molar-refractivity contribution in [1.29, 1.82) is 0 Å². The molecule has 0 amide bonds. The van der Waals surface area contributed by atoms with Gasteiger partial charge in [0.1, 0.15) is 42.6 Å². The summed E-state index contributed by atoms with van der Waals surface area (Å²) in [6, 6.07) is 0. The number of imidazole rings is 1. The zero-order valence-electron chi connectivity index (χ0n) is 21.8. The molecule has 2 aliphatic heterocycles. The number of anilines is 2. The van der Waals surface area contributed by atoms with Gasteiger partial charge in [0, 0.05) is 0 Å². The quantitative estimate of drug-likeness (QED) is 0.0963. The fourth-order valence-electron chi connectivity index (χ4n) is 5.03. The molecular weight excluding hydrogens is 674 g/mol. The first-order chi connectivity index (χ1) is 20.9. The maximum atomic E-state index is 15.7. The second-order valence-electron chi connectivity index (χ2n) is 9.60. The highest BCUT2D eigenvalue weighted by molar-refractivity contribution is 8.39. The highest BCUT2D eigenvalue weighted by atomic mass is 32.7. The molecule has 6 rings (SSSR count). The molecule has 0 radical (unpaired) electrons. The summed E-state index contributed by atoms with van der Waals surface area (Å²) in [5, 5.41) is 17.4. The number of rotatable bonds is 9. The molecule has 25 heteroatoms. The number of nitrogen functional groups attached to an aromatic ring is 2. The molecule has 2 aliphatic rings. The number of nitrogens with zero attached hydrogens (tertiary/aromatic N) is 8. The van der Waals surface area contributed by atoms with E-state index in [2.05, 4.69) is 47.5 Å². The smallest absolute Gasteiger partial charge is 0.394 e. The van der Waals surface area contributed by atoms with Crippen molar-refractivity contribution in [2.75, 3.05) is 24.7 Å². The summed E-state index contributed by atoms with van der Waals surface area (Å²) in [6.07, 6.45) is -9.36. The summed E-state index contributed by atoms with van der Waals surface area (Å²) in [7, 11) is -2.66. The van der Waals surface area contributed by atoms with E-state index in [1.807, 2.05) is 0 Å². The normalized spacial score (nSPS) is 30.7. The van der Waals surface area contributed by atoms with Gasteiger partial charge in [0.05, 0.1) is 19.5 Å². The molecule has 2 saturated heterocycles. The van der Waals surface area contributed by atoms with Gasteiger partial charge in [-0.25, -0.2) is 23.7 Å². The number of halogens is 2. The molecule has 0 bridgehead atoms. The molecular formula is C19H22F2N11O8P2S2+. The number of ether oxygens (including phenoxy) is 2. The van der Waals surface area contributed by atoms with Crippen LogP contribution in [0.3, 0.4) is 0 Å². The van der Waals surface area contributed by atoms with Crippen LogP contribution in [-0.2, 0) is 34.9 Å². The Labute approximate surface area is 254 Å². The Balaban J connectivity index is 1.29. The minimum absolute atomic E-state index is 0.0230. The first-order valence-electron chi connectivity index (χ1n) is 12.4. The van der Waals surface area contributed by atoms with E-state index >= 15 is 8.78 Å². The third-order valence-electron chi connectivity index (χ3n) is 7.00. The summed E-state index contributed by atoms with van der Waals surface area (Å²) in [5.41, 5.74) is 8.92. The lowest BCUT2D eigenvalue weighted by Gasteiger charge is -2.29. The van der Waals surface area contributed by atoms with Gasteiger partial charge in [-0.1, -0.05) is 5.21 Å². The van der Waals surface area contributed by atoms with Gasteiger partial charge in [-0.15, -0.1) is 9.62 Å². The Hall–Kier alpha value is -2.85. The molecule has 4 aromatic rings. The number of aliphatic hydroxyl groups excluding tert-OH is 1. The number of hydrogen-bond acceptors (Lipinski definition) is 16. The molecule has 7 N–H and O–H groups in total. The molecule has 0 aliphatic carbocycles. The molecule has 44 heavy (non-hydrogen) atoms. The van der Waals surface area contributed by atoms with Crippen LogP contribution in [0.25, 0.3) is 22.3 Å². The topological polar surface area (TPSA) is 267 Å². The van der Waals surface area contributed by atoms with Crippen LogP contribution in [-0.4, -0.2) is 104 Å². The Bertz CT molecular complexity index is 1850. The van der Waals surface area contributed by atoms with Crippen molar-refractivity contribution in [2.24, 2.45) is 0 Å². The van der Waals surface area contributed by atoms with Crippen LogP contribution in [0.2, 0.25) is 0 Å². The number of H-pyrrole nitrogens is 1. The minimum Gasteiger partial charge on any atom is -0.394 e. The van der Waals surface area contributed by atoms with E-state index in [0.29, 0.717) is 0 Å². The summed E-state index contributed by atoms with van der Waals surface area (Å²) < 4.78 is 67.6. The van der Waals surface area contributed by atoms with Gasteiger partial charge >= 0.3 is 7.23 Å². The van der Waals surface area contributed by atoms with Crippen molar-refractivity contribution in [3.05, 3.63) is 23.0 Å². The summed E-state index contributed by atoms with van der Waals surface area (Å²) in [6.45, 7) is -5.78. The molecule has 236 valence electrons. The van der Waals surface area contributed by atoms with Crippen molar-refractivity contribution in [3.8, 4) is 0 Å². The molecule has 2 fully saturated rings. The molecule has 2 unspecified atom stereocenters. The van der Waals surface area contributed by atoms with E-state index < -0.39 is 81.3 Å². The average molecular weight is 697 g/mol. The van der Waals surface area contributed by atoms with Crippen LogP contribution in [0, 0.1) is 0 Å². The van der Waals surface area contributed by atoms with E-state index in [1.165, 1.54) is 0 Å². The zero-order chi connectivity index (χ0) is 31.5. The van der Waals surface area contributed by atoms with Crippen LogP contribution in [0.5, 0.6) is 0 Å². The maximum absolute atomic E-state index is 15.7. The molecule has 0 spiro atoms. The molecule has 0 aromatic carbocycles. The standard InChI is InChI=1S/C19H21F2N11O8P2S2/c20-7-5(1-33)38-18(31-4-26-10-15(31)27-19(23)28-16(10)34)12(7)42(36,44)37-2-6-11(40-41(35)43)8(21)17(39-6)32-14-9(29-30-32)13(22)24-3-25-14/h3-8,11-12,17-18,33H,1-2H2,(H6-,22,23,24,25,27,28,30,34,35,36,43,44)/p+1/t5-,6-,7-,8+,11-,12-,17-,18-,42?/m1/s1. The van der Waals surface area contributed by atoms with Crippen LogP contribution in [0.1, 0.15) is 12.5 Å². The van der Waals surface area contributed by atoms with E-state index in [-0.39, 0.29) is 34.1 Å². The van der Waals surface area contributed by atoms with Gasteiger partial charge < -0.3 is 35.5 Å². The lowest BCUT2D eigenvalue weighted by molar-refractivity contribution is -0.0453. The van der Waals surface area contributed by atoms with Gasteiger partial charge in [-0.2, -0.15) is 9.67 Å². The number of nitrogens with one attached hydrogen (secondary N) is 1. The Morgan fingerprint density at radius 2 is 1.91 bits per heavy atom. The minimum atomic E-state index is -4.30. The van der Waals surface area contributed by atoms with E-state index in [9.17, 15) is 19.4 Å². The van der Waals surface area contributed by atoms with Gasteiger partial charge in [-0.05, 0) is 16.4 Å². The SMILES string of the molecule is Nc1nc2c(ncn2[C@@H]2O[C@H](CO)[C@@H](F)[C@H]2P(O)(=S)OC[C@H]2O[C@@H](n3nnc4c(N)ncnc43)[C@@H](F)[C@@H]2O[P+](=O)S)c(=O)[nH]1. The number of fused-ring (bicyclic) bond motifs is 2. The first-order valence-corrected chi connectivity index (χ1v) is 17.5. The number of hydrogen-bond donors (Lipinski definition) is 6. The summed E-state index contributed by atoms with van der Waals surface area (Å²) >= 11 is 9.06. The van der Waals surface area contributed by atoms with Gasteiger partial charge in [0.25, 0.3) is 5.56 Å². The number of thiol groups is 1. The number of aromatic amines is 1. The van der Waals surface area contributed by atoms with Crippen molar-refractivity contribution >= 4 is 71.9 Å². The fraction of sp³-hybridized carbons (Fsp3) is 0.526. The van der Waals surface area contributed by atoms with Crippen molar-refractivity contribution in [3.63, 3.8) is 0 Å². The predicted octanol–water partition coefficient (Wildman–Crippen LogP) is -0.358. The molecule has 4 aromatic heterocycles. The monoisotopic (exact) mass is 696 g/mol. The van der Waals surface area contributed by atoms with Gasteiger partial charge in [-0.3, -0.25) is 14.3 Å². The second-order valence-corrected chi connectivity index (χ2v) is 14.8. The zero-order valence-corrected chi connectivity index (χ0v) is 25.3. The lowest BCUT2D eigenvalue weighted by atomic mass is 10.1. The van der Waals surface area contributed by atoms with Crippen molar-refractivity contribution in [1.82, 2.24) is 44.5 Å². The molecule has 6 heterocycles. The highest BCUT2D eigenvalue weighted by Gasteiger charge is 2.56. The van der Waals surface area contributed by atoms with Crippen LogP contribution >= 0.6 is 26.0 Å². The largest absolute Gasteiger partial charge is 0.582 e. The van der Waals surface area contributed by atoms with Crippen molar-refractivity contribution < 1.29 is 41.9 Å². The first kappa shape index (κ1) is 31.1. The average Bonchev–Trinajstić information content (AvgIpc) is 3.72. The van der Waals surface area contributed by atoms with Crippen LogP contribution in [0.4, 0.5) is 20.5 Å². The van der Waals surface area contributed by atoms with Gasteiger partial charge in [0.15, 0.2) is 59.4 Å². The Morgan fingerprint density at radius 1 is 1.16 bits per heavy atom. The van der Waals surface area contributed by atoms with E-state index in [4.69, 9.17) is 41.8 Å². The predicted molar refractivity (Wildman–Crippen MR) is 152 cm³/mol. The number of aliphatic hydroxyl groups is 1. The third-order valence-corrected chi connectivity index (χ3v) is 10.6. The van der Waals surface area contributed by atoms with Gasteiger partial charge in [0.2, 0.25) is 5.95 Å². The highest BCUT2D eigenvalue weighted by Crippen LogP contribution is 2.59. The summed E-state index contributed by atoms with van der Waals surface area (Å²) in [4.78, 5) is 41.7. The van der Waals surface area contributed by atoms with Crippen LogP contribution < -0.4 is 17.0 Å². The number of nitrogens with two attached hydrogens (primary N) is 2. The lowest BCUT2D eigenvalue weighted by Crippen LogP contribution is -2.34. The second kappa shape index (κ2) is 11.8. The van der Waals surface area contributed by atoms with Crippen molar-refractivity contribution in [2.45, 2.75) is 48.8 Å². The number of aromatic nitrogens is 9. The van der Waals surface area contributed by atoms with Crippen LogP contribution in [0.15, 0.2) is 17.4 Å².